The molecule has 1 atom stereocenters. The van der Waals surface area contributed by atoms with Gasteiger partial charge in [-0.2, -0.15) is 5.01 Å². The van der Waals surface area contributed by atoms with E-state index in [1.807, 2.05) is 0 Å². The van der Waals surface area contributed by atoms with Crippen LogP contribution in [-0.2, 0) is 11.2 Å². The first kappa shape index (κ1) is 23.3. The summed E-state index contributed by atoms with van der Waals surface area (Å²) in [6, 6.07) is 10.3. The lowest BCUT2D eigenvalue weighted by molar-refractivity contribution is -0.133. The molecule has 0 aliphatic carbocycles. The van der Waals surface area contributed by atoms with Crippen LogP contribution < -0.4 is 16.1 Å². The number of nitrogens with zero attached hydrogens (tertiary/aromatic N) is 1. The van der Waals surface area contributed by atoms with Crippen LogP contribution in [-0.4, -0.2) is 39.6 Å². The molecule has 9 nitrogen and oxygen atoms in total. The maximum Gasteiger partial charge on any atom is 0.344 e. The smallest absolute Gasteiger partial charge is 0.344 e. The van der Waals surface area contributed by atoms with Gasteiger partial charge in [0.2, 0.25) is 0 Å². The summed E-state index contributed by atoms with van der Waals surface area (Å²) in [5.74, 6) is -1.65. The Morgan fingerprint density at radius 3 is 2.47 bits per heavy atom. The van der Waals surface area contributed by atoms with Crippen LogP contribution in [0.5, 0.6) is 0 Å². The maximum absolute atomic E-state index is 13.1. The van der Waals surface area contributed by atoms with Gasteiger partial charge in [-0.25, -0.2) is 19.8 Å². The number of benzene rings is 2. The number of halogens is 1. The first-order valence-corrected chi connectivity index (χ1v) is 10.8. The molecule has 2 aromatic carbocycles. The van der Waals surface area contributed by atoms with Crippen LogP contribution in [0.15, 0.2) is 46.9 Å². The van der Waals surface area contributed by atoms with Crippen LogP contribution in [0.3, 0.4) is 0 Å². The fraction of sp³-hybridized carbons (Fsp3) is 0.273. The van der Waals surface area contributed by atoms with E-state index in [1.165, 1.54) is 6.07 Å². The van der Waals surface area contributed by atoms with Crippen LogP contribution in [0.4, 0.5) is 15.3 Å². The minimum atomic E-state index is -1.25. The quantitative estimate of drug-likeness (QED) is 0.427. The third kappa shape index (κ3) is 4.75. The number of anilines is 1. The van der Waals surface area contributed by atoms with Crippen molar-refractivity contribution in [3.63, 3.8) is 0 Å². The van der Waals surface area contributed by atoms with Crippen molar-refractivity contribution >= 4 is 45.6 Å². The van der Waals surface area contributed by atoms with Gasteiger partial charge in [-0.15, -0.1) is 0 Å². The van der Waals surface area contributed by atoms with Gasteiger partial charge in [0, 0.05) is 10.2 Å². The number of aryl methyl sites for hydroxylation is 1. The van der Waals surface area contributed by atoms with Crippen molar-refractivity contribution < 1.29 is 24.3 Å². The third-order valence-electron chi connectivity index (χ3n) is 5.52. The highest BCUT2D eigenvalue weighted by Gasteiger charge is 2.50. The normalized spacial score (nSPS) is 17.8. The molecule has 3 rings (SSSR count). The zero-order chi connectivity index (χ0) is 23.5. The van der Waals surface area contributed by atoms with Gasteiger partial charge in [0.1, 0.15) is 5.54 Å². The van der Waals surface area contributed by atoms with Crippen molar-refractivity contribution in [3.8, 4) is 0 Å². The predicted octanol–water partition coefficient (Wildman–Crippen LogP) is 3.83. The van der Waals surface area contributed by atoms with E-state index in [0.29, 0.717) is 16.3 Å². The number of urea groups is 2. The molecule has 10 heteroatoms. The first-order valence-electron chi connectivity index (χ1n) is 9.98. The molecule has 168 valence electrons. The topological polar surface area (TPSA) is 128 Å². The summed E-state index contributed by atoms with van der Waals surface area (Å²) in [6.07, 6.45) is 0.733. The summed E-state index contributed by atoms with van der Waals surface area (Å²) >= 11 is 3.30. The Labute approximate surface area is 193 Å². The Morgan fingerprint density at radius 1 is 1.16 bits per heavy atom. The van der Waals surface area contributed by atoms with E-state index in [-0.39, 0.29) is 24.8 Å². The second-order valence-corrected chi connectivity index (χ2v) is 8.40. The van der Waals surface area contributed by atoms with Crippen molar-refractivity contribution in [3.05, 3.63) is 63.6 Å². The molecule has 4 N–H and O–H groups in total. The molecule has 1 aliphatic rings. The number of nitrogens with one attached hydrogen (secondary N) is 3. The van der Waals surface area contributed by atoms with E-state index in [9.17, 15) is 24.3 Å². The zero-order valence-corrected chi connectivity index (χ0v) is 19.2. The second-order valence-electron chi connectivity index (χ2n) is 7.49. The van der Waals surface area contributed by atoms with E-state index in [4.69, 9.17) is 0 Å². The molecule has 1 saturated heterocycles. The standard InChI is InChI=1S/C22H23BrN4O5/c1-3-22(12-11-16-13(2)5-4-6-17(16)18(28)29)19(30)27(21(32)25-22)26-20(31)24-15-9-7-14(23)8-10-15/h4-10H,3,11-12H2,1-2H3,(H,25,32)(H,28,29)(H2,24,26,31). The van der Waals surface area contributed by atoms with E-state index in [1.54, 1.807) is 50.2 Å². The van der Waals surface area contributed by atoms with E-state index in [2.05, 4.69) is 32.0 Å². The first-order chi connectivity index (χ1) is 15.2. The molecule has 5 amide bonds. The van der Waals surface area contributed by atoms with Gasteiger partial charge in [-0.3, -0.25) is 4.79 Å². The summed E-state index contributed by atoms with van der Waals surface area (Å²) in [7, 11) is 0. The number of carboxylic acid groups (broad SMARTS) is 1. The number of aromatic carboxylic acids is 1. The number of carbonyl (C=O) groups is 4. The van der Waals surface area contributed by atoms with E-state index >= 15 is 0 Å². The average molecular weight is 503 g/mol. The number of hydrogen-bond acceptors (Lipinski definition) is 4. The molecule has 32 heavy (non-hydrogen) atoms. The van der Waals surface area contributed by atoms with E-state index in [0.717, 1.165) is 10.0 Å². The van der Waals surface area contributed by atoms with Gasteiger partial charge < -0.3 is 15.7 Å². The summed E-state index contributed by atoms with van der Waals surface area (Å²) in [6.45, 7) is 3.55. The molecular formula is C22H23BrN4O5. The van der Waals surface area contributed by atoms with Gasteiger partial charge in [0.25, 0.3) is 5.91 Å². The molecule has 1 aliphatic heterocycles. The number of hydrazine groups is 1. The lowest BCUT2D eigenvalue weighted by Gasteiger charge is -2.25. The Hall–Kier alpha value is -3.40. The zero-order valence-electron chi connectivity index (χ0n) is 17.6. The molecule has 0 aromatic heterocycles. The Balaban J connectivity index is 1.73. The fourth-order valence-electron chi connectivity index (χ4n) is 3.67. The monoisotopic (exact) mass is 502 g/mol. The molecule has 1 fully saturated rings. The molecule has 0 radical (unpaired) electrons. The molecule has 0 bridgehead atoms. The average Bonchev–Trinajstić information content (AvgIpc) is 2.99. The van der Waals surface area contributed by atoms with Crippen molar-refractivity contribution in [2.24, 2.45) is 0 Å². The lowest BCUT2D eigenvalue weighted by Crippen LogP contribution is -2.51. The largest absolute Gasteiger partial charge is 0.478 e. The highest BCUT2D eigenvalue weighted by Crippen LogP contribution is 2.28. The lowest BCUT2D eigenvalue weighted by atomic mass is 9.86. The van der Waals surface area contributed by atoms with Crippen LogP contribution in [0.2, 0.25) is 0 Å². The van der Waals surface area contributed by atoms with Gasteiger partial charge in [0.15, 0.2) is 0 Å². The summed E-state index contributed by atoms with van der Waals surface area (Å²) in [4.78, 5) is 49.5. The summed E-state index contributed by atoms with van der Waals surface area (Å²) in [5.41, 5.74) is 3.08. The molecule has 0 spiro atoms. The molecule has 1 heterocycles. The maximum atomic E-state index is 13.1. The van der Waals surface area contributed by atoms with Gasteiger partial charge in [-0.1, -0.05) is 35.0 Å². The predicted molar refractivity (Wildman–Crippen MR) is 121 cm³/mol. The highest BCUT2D eigenvalue weighted by molar-refractivity contribution is 9.10. The number of imide groups is 1. The Bertz CT molecular complexity index is 1070. The SMILES string of the molecule is CCC1(CCc2c(C)cccc2C(=O)O)NC(=O)N(NC(=O)Nc2ccc(Br)cc2)C1=O. The number of carbonyl (C=O) groups excluding carboxylic acids is 3. The van der Waals surface area contributed by atoms with Crippen molar-refractivity contribution in [2.45, 2.75) is 38.6 Å². The minimum absolute atomic E-state index is 0.164. The summed E-state index contributed by atoms with van der Waals surface area (Å²) < 4.78 is 0.838. The molecule has 2 aromatic rings. The molecule has 0 saturated carbocycles. The van der Waals surface area contributed by atoms with Crippen LogP contribution in [0.1, 0.15) is 41.3 Å². The molecular weight excluding hydrogens is 480 g/mol. The van der Waals surface area contributed by atoms with Gasteiger partial charge in [0.05, 0.1) is 5.56 Å². The van der Waals surface area contributed by atoms with Crippen LogP contribution >= 0.6 is 15.9 Å². The molecule has 1 unspecified atom stereocenters. The number of rotatable bonds is 7. The highest BCUT2D eigenvalue weighted by atomic mass is 79.9. The number of amides is 5. The van der Waals surface area contributed by atoms with Crippen molar-refractivity contribution in [1.29, 1.82) is 0 Å². The fourth-order valence-corrected chi connectivity index (χ4v) is 3.94. The van der Waals surface area contributed by atoms with Gasteiger partial charge >= 0.3 is 18.0 Å². The number of carboxylic acids is 1. The Morgan fingerprint density at radius 2 is 1.84 bits per heavy atom. The summed E-state index contributed by atoms with van der Waals surface area (Å²) in [5, 5.41) is 15.4. The van der Waals surface area contributed by atoms with Crippen molar-refractivity contribution in [2.75, 3.05) is 5.32 Å². The van der Waals surface area contributed by atoms with Crippen molar-refractivity contribution in [1.82, 2.24) is 15.8 Å². The second kappa shape index (κ2) is 9.39. The van der Waals surface area contributed by atoms with Crippen LogP contribution in [0, 0.1) is 6.92 Å². The third-order valence-corrected chi connectivity index (χ3v) is 6.05. The van der Waals surface area contributed by atoms with Crippen LogP contribution in [0.25, 0.3) is 0 Å². The van der Waals surface area contributed by atoms with Gasteiger partial charge in [-0.05, 0) is 67.6 Å². The Kier molecular flexibility index (Phi) is 6.83. The minimum Gasteiger partial charge on any atom is -0.478 e. The van der Waals surface area contributed by atoms with E-state index < -0.39 is 29.5 Å². The number of hydrogen-bond donors (Lipinski definition) is 4.